The molecule has 1 aromatic carbocycles. The Hall–Kier alpha value is -2.12. The molecule has 0 radical (unpaired) electrons. The number of rotatable bonds is 6. The van der Waals surface area contributed by atoms with Gasteiger partial charge in [-0.3, -0.25) is 4.79 Å². The average Bonchev–Trinajstić information content (AvgIpc) is 3.29. The Labute approximate surface area is 174 Å². The second-order valence-electron chi connectivity index (χ2n) is 7.79. The minimum atomic E-state index is -0.00928. The van der Waals surface area contributed by atoms with E-state index in [2.05, 4.69) is 60.6 Å². The lowest BCUT2D eigenvalue weighted by atomic mass is 9.87. The van der Waals surface area contributed by atoms with E-state index in [0.29, 0.717) is 5.75 Å². The van der Waals surface area contributed by atoms with Gasteiger partial charge < -0.3 is 9.88 Å². The Morgan fingerprint density at radius 2 is 1.93 bits per heavy atom. The van der Waals surface area contributed by atoms with Gasteiger partial charge in [0.05, 0.1) is 11.8 Å². The monoisotopic (exact) mass is 414 g/mol. The SMILES string of the molecule is C[C@@H](NC(=O)CSc1nnc(-c2ccc(C(C)(C)C)cc2)n1C)c1cccs1. The Bertz CT molecular complexity index is 924. The molecule has 148 valence electrons. The third-order valence-electron chi connectivity index (χ3n) is 4.52. The minimum Gasteiger partial charge on any atom is -0.348 e. The van der Waals surface area contributed by atoms with Crippen LogP contribution < -0.4 is 5.32 Å². The number of nitrogens with one attached hydrogen (secondary N) is 1. The van der Waals surface area contributed by atoms with Crippen molar-refractivity contribution in [3.8, 4) is 11.4 Å². The molecule has 0 unspecified atom stereocenters. The molecule has 2 aromatic heterocycles. The highest BCUT2D eigenvalue weighted by Crippen LogP contribution is 2.27. The van der Waals surface area contributed by atoms with Gasteiger partial charge in [0, 0.05) is 17.5 Å². The van der Waals surface area contributed by atoms with Crippen molar-refractivity contribution < 1.29 is 4.79 Å². The number of hydrogen-bond acceptors (Lipinski definition) is 5. The molecular formula is C21H26N4OS2. The van der Waals surface area contributed by atoms with Gasteiger partial charge in [0.1, 0.15) is 0 Å². The summed E-state index contributed by atoms with van der Waals surface area (Å²) in [4.78, 5) is 13.4. The second-order valence-corrected chi connectivity index (χ2v) is 9.71. The summed E-state index contributed by atoms with van der Waals surface area (Å²) in [5.41, 5.74) is 2.42. The summed E-state index contributed by atoms with van der Waals surface area (Å²) in [6, 6.07) is 12.5. The third-order valence-corrected chi connectivity index (χ3v) is 6.60. The third kappa shape index (κ3) is 4.83. The van der Waals surface area contributed by atoms with Gasteiger partial charge >= 0.3 is 0 Å². The number of nitrogens with zero attached hydrogens (tertiary/aromatic N) is 3. The van der Waals surface area contributed by atoms with E-state index in [1.807, 2.05) is 36.1 Å². The normalized spacial score (nSPS) is 12.8. The van der Waals surface area contributed by atoms with Crippen LogP contribution in [0.4, 0.5) is 0 Å². The zero-order valence-electron chi connectivity index (χ0n) is 16.9. The van der Waals surface area contributed by atoms with E-state index < -0.39 is 0 Å². The molecule has 28 heavy (non-hydrogen) atoms. The van der Waals surface area contributed by atoms with Gasteiger partial charge in [0.15, 0.2) is 11.0 Å². The summed E-state index contributed by atoms with van der Waals surface area (Å²) in [6.45, 7) is 8.59. The lowest BCUT2D eigenvalue weighted by molar-refractivity contribution is -0.119. The van der Waals surface area contributed by atoms with Crippen LogP contribution in [0.25, 0.3) is 11.4 Å². The number of thiophene rings is 1. The lowest BCUT2D eigenvalue weighted by Crippen LogP contribution is -2.27. The molecule has 3 aromatic rings. The van der Waals surface area contributed by atoms with Crippen molar-refractivity contribution in [3.05, 3.63) is 52.2 Å². The van der Waals surface area contributed by atoms with E-state index in [4.69, 9.17) is 0 Å². The fraction of sp³-hybridized carbons (Fsp3) is 0.381. The molecule has 0 aliphatic carbocycles. The van der Waals surface area contributed by atoms with E-state index in [9.17, 15) is 4.79 Å². The smallest absolute Gasteiger partial charge is 0.230 e. The maximum absolute atomic E-state index is 12.3. The van der Waals surface area contributed by atoms with Gasteiger partial charge in [0.2, 0.25) is 5.91 Å². The van der Waals surface area contributed by atoms with Crippen molar-refractivity contribution >= 4 is 29.0 Å². The number of hydrogen-bond donors (Lipinski definition) is 1. The van der Waals surface area contributed by atoms with E-state index >= 15 is 0 Å². The fourth-order valence-electron chi connectivity index (χ4n) is 2.83. The van der Waals surface area contributed by atoms with Crippen LogP contribution in [0.15, 0.2) is 46.9 Å². The molecule has 0 aliphatic rings. The molecule has 0 saturated heterocycles. The second kappa shape index (κ2) is 8.49. The first kappa shape index (κ1) is 20.6. The van der Waals surface area contributed by atoms with E-state index in [1.165, 1.54) is 17.3 Å². The molecule has 0 saturated carbocycles. The predicted molar refractivity (Wildman–Crippen MR) is 117 cm³/mol. The Kier molecular flexibility index (Phi) is 6.25. The number of carbonyl (C=O) groups excluding carboxylic acids is 1. The molecular weight excluding hydrogens is 388 g/mol. The number of thioether (sulfide) groups is 1. The van der Waals surface area contributed by atoms with Crippen LogP contribution in [0.3, 0.4) is 0 Å². The zero-order chi connectivity index (χ0) is 20.3. The molecule has 5 nitrogen and oxygen atoms in total. The van der Waals surface area contributed by atoms with Crippen molar-refractivity contribution in [2.75, 3.05) is 5.75 Å². The summed E-state index contributed by atoms with van der Waals surface area (Å²) < 4.78 is 1.94. The first-order valence-corrected chi connectivity index (χ1v) is 11.1. The van der Waals surface area contributed by atoms with Gasteiger partial charge in [-0.1, -0.05) is 62.9 Å². The quantitative estimate of drug-likeness (QED) is 0.588. The highest BCUT2D eigenvalue weighted by atomic mass is 32.2. The Morgan fingerprint density at radius 3 is 2.54 bits per heavy atom. The molecule has 0 spiro atoms. The summed E-state index contributed by atoms with van der Waals surface area (Å²) in [5.74, 6) is 1.10. The van der Waals surface area contributed by atoms with Crippen LogP contribution in [-0.2, 0) is 17.3 Å². The van der Waals surface area contributed by atoms with Crippen LogP contribution in [0.5, 0.6) is 0 Å². The molecule has 1 atom stereocenters. The van der Waals surface area contributed by atoms with Crippen molar-refractivity contribution in [3.63, 3.8) is 0 Å². The summed E-state index contributed by atoms with van der Waals surface area (Å²) in [7, 11) is 1.93. The highest BCUT2D eigenvalue weighted by Gasteiger charge is 2.17. The molecule has 2 heterocycles. The summed E-state index contributed by atoms with van der Waals surface area (Å²) >= 11 is 3.04. The first-order chi connectivity index (χ1) is 13.3. The van der Waals surface area contributed by atoms with Gasteiger partial charge in [-0.05, 0) is 29.3 Å². The number of carbonyl (C=O) groups is 1. The molecule has 0 bridgehead atoms. The van der Waals surface area contributed by atoms with Crippen LogP contribution in [-0.4, -0.2) is 26.4 Å². The predicted octanol–water partition coefficient (Wildman–Crippen LogP) is 4.81. The van der Waals surface area contributed by atoms with Crippen molar-refractivity contribution in [1.29, 1.82) is 0 Å². The lowest BCUT2D eigenvalue weighted by Gasteiger charge is -2.19. The first-order valence-electron chi connectivity index (χ1n) is 9.21. The Morgan fingerprint density at radius 1 is 1.21 bits per heavy atom. The summed E-state index contributed by atoms with van der Waals surface area (Å²) in [5, 5.41) is 14.4. The molecule has 1 amide bonds. The number of benzene rings is 1. The molecule has 0 fully saturated rings. The largest absolute Gasteiger partial charge is 0.348 e. The maximum atomic E-state index is 12.3. The van der Waals surface area contributed by atoms with E-state index in [1.54, 1.807) is 11.3 Å². The van der Waals surface area contributed by atoms with Crippen molar-refractivity contribution in [2.24, 2.45) is 7.05 Å². The molecule has 7 heteroatoms. The van der Waals surface area contributed by atoms with Crippen LogP contribution >= 0.6 is 23.1 Å². The Balaban J connectivity index is 1.62. The topological polar surface area (TPSA) is 59.8 Å². The van der Waals surface area contributed by atoms with E-state index in [0.717, 1.165) is 21.4 Å². The van der Waals surface area contributed by atoms with Crippen LogP contribution in [0.2, 0.25) is 0 Å². The van der Waals surface area contributed by atoms with E-state index in [-0.39, 0.29) is 17.4 Å². The van der Waals surface area contributed by atoms with Crippen molar-refractivity contribution in [1.82, 2.24) is 20.1 Å². The zero-order valence-corrected chi connectivity index (χ0v) is 18.5. The highest BCUT2D eigenvalue weighted by molar-refractivity contribution is 7.99. The van der Waals surface area contributed by atoms with Crippen LogP contribution in [0.1, 0.15) is 44.2 Å². The van der Waals surface area contributed by atoms with Crippen LogP contribution in [0, 0.1) is 0 Å². The number of aromatic nitrogens is 3. The number of amides is 1. The minimum absolute atomic E-state index is 0.00928. The van der Waals surface area contributed by atoms with Gasteiger partial charge in [-0.2, -0.15) is 0 Å². The van der Waals surface area contributed by atoms with Gasteiger partial charge in [-0.15, -0.1) is 21.5 Å². The molecule has 3 rings (SSSR count). The maximum Gasteiger partial charge on any atom is 0.230 e. The van der Waals surface area contributed by atoms with Crippen molar-refractivity contribution in [2.45, 2.75) is 44.3 Å². The molecule has 1 N–H and O–H groups in total. The molecule has 0 aliphatic heterocycles. The fourth-order valence-corrected chi connectivity index (χ4v) is 4.29. The summed E-state index contributed by atoms with van der Waals surface area (Å²) in [6.07, 6.45) is 0. The van der Waals surface area contributed by atoms with Gasteiger partial charge in [-0.25, -0.2) is 0 Å². The standard InChI is InChI=1S/C21H26N4OS2/c1-14(17-7-6-12-27-17)22-18(26)13-28-20-24-23-19(25(20)5)15-8-10-16(11-9-15)21(2,3)4/h6-12,14H,13H2,1-5H3,(H,22,26)/t14-/m1/s1. The van der Waals surface area contributed by atoms with Gasteiger partial charge in [0.25, 0.3) is 0 Å². The average molecular weight is 415 g/mol.